The van der Waals surface area contributed by atoms with Gasteiger partial charge in [0.2, 0.25) is 0 Å². The second kappa shape index (κ2) is 10.3. The molecule has 0 amide bonds. The van der Waals surface area contributed by atoms with E-state index in [0.29, 0.717) is 6.54 Å². The van der Waals surface area contributed by atoms with Crippen LogP contribution in [0.1, 0.15) is 24.4 Å². The molecule has 6 heteroatoms. The highest BCUT2D eigenvalue weighted by Gasteiger charge is 2.23. The first-order valence-corrected chi connectivity index (χ1v) is 10.2. The minimum Gasteiger partial charge on any atom is -0.490 e. The van der Waals surface area contributed by atoms with Gasteiger partial charge in [0, 0.05) is 39.5 Å². The molecule has 1 aliphatic rings. The van der Waals surface area contributed by atoms with Gasteiger partial charge in [-0.05, 0) is 43.9 Å². The van der Waals surface area contributed by atoms with Crippen molar-refractivity contribution in [2.45, 2.75) is 25.0 Å². The Kier molecular flexibility index (Phi) is 7.47. The molecule has 0 aliphatic carbocycles. The molecule has 0 saturated carbocycles. The molecule has 0 bridgehead atoms. The van der Waals surface area contributed by atoms with Gasteiger partial charge in [-0.15, -0.1) is 0 Å². The number of nitrogens with one attached hydrogen (secondary N) is 1. The number of para-hydroxylation sites is 1. The molecule has 1 N–H and O–H groups in total. The minimum atomic E-state index is -0.212. The van der Waals surface area contributed by atoms with Crippen LogP contribution >= 0.6 is 0 Å². The number of ether oxygens (including phenoxy) is 1. The number of nitrogens with zero attached hydrogens (tertiary/aromatic N) is 3. The summed E-state index contributed by atoms with van der Waals surface area (Å²) in [5.41, 5.74) is 1.08. The zero-order valence-corrected chi connectivity index (χ0v) is 17.5. The van der Waals surface area contributed by atoms with Crippen LogP contribution in [0.15, 0.2) is 59.6 Å². The molecule has 2 aromatic rings. The van der Waals surface area contributed by atoms with Crippen molar-refractivity contribution in [2.24, 2.45) is 4.99 Å². The molecule has 156 valence electrons. The number of likely N-dealkylation sites (N-methyl/N-ethyl adjacent to an activating group) is 1. The maximum atomic E-state index is 13.3. The van der Waals surface area contributed by atoms with Crippen molar-refractivity contribution < 1.29 is 9.13 Å². The summed E-state index contributed by atoms with van der Waals surface area (Å²) in [5.74, 6) is 1.62. The summed E-state index contributed by atoms with van der Waals surface area (Å²) < 4.78 is 19.4. The Morgan fingerprint density at radius 3 is 2.38 bits per heavy atom. The number of benzene rings is 2. The summed E-state index contributed by atoms with van der Waals surface area (Å²) in [6, 6.07) is 16.8. The Bertz CT molecular complexity index is 771. The van der Waals surface area contributed by atoms with Gasteiger partial charge in [0.05, 0.1) is 6.04 Å². The molecule has 1 fully saturated rings. The van der Waals surface area contributed by atoms with E-state index < -0.39 is 0 Å². The summed E-state index contributed by atoms with van der Waals surface area (Å²) >= 11 is 0. The molecular formula is C23H31FN4O. The maximum Gasteiger partial charge on any atom is 0.193 e. The van der Waals surface area contributed by atoms with Crippen molar-refractivity contribution in [2.75, 3.05) is 40.8 Å². The predicted octanol–water partition coefficient (Wildman–Crippen LogP) is 3.55. The number of halogens is 1. The van der Waals surface area contributed by atoms with Crippen LogP contribution in [-0.4, -0.2) is 62.6 Å². The lowest BCUT2D eigenvalue weighted by molar-refractivity contribution is 0.129. The topological polar surface area (TPSA) is 40.1 Å². The fraction of sp³-hybridized carbons (Fsp3) is 0.435. The predicted molar refractivity (Wildman–Crippen MR) is 116 cm³/mol. The van der Waals surface area contributed by atoms with E-state index in [1.807, 2.05) is 63.6 Å². The third kappa shape index (κ3) is 5.94. The molecule has 1 unspecified atom stereocenters. The van der Waals surface area contributed by atoms with Gasteiger partial charge in [0.1, 0.15) is 17.7 Å². The van der Waals surface area contributed by atoms with Crippen LogP contribution in [-0.2, 0) is 0 Å². The van der Waals surface area contributed by atoms with Gasteiger partial charge in [-0.2, -0.15) is 0 Å². The van der Waals surface area contributed by atoms with E-state index >= 15 is 0 Å². The number of hydrogen-bond acceptors (Lipinski definition) is 3. The van der Waals surface area contributed by atoms with Crippen LogP contribution in [0.25, 0.3) is 0 Å². The highest BCUT2D eigenvalue weighted by Crippen LogP contribution is 2.20. The van der Waals surface area contributed by atoms with Gasteiger partial charge in [0.25, 0.3) is 0 Å². The molecule has 0 radical (unpaired) electrons. The van der Waals surface area contributed by atoms with E-state index in [0.717, 1.165) is 43.2 Å². The van der Waals surface area contributed by atoms with Crippen LogP contribution in [0, 0.1) is 5.82 Å². The Hall–Kier alpha value is -2.60. The first kappa shape index (κ1) is 21.1. The largest absolute Gasteiger partial charge is 0.490 e. The summed E-state index contributed by atoms with van der Waals surface area (Å²) in [5, 5.41) is 3.50. The van der Waals surface area contributed by atoms with Crippen LogP contribution < -0.4 is 10.1 Å². The summed E-state index contributed by atoms with van der Waals surface area (Å²) in [6.07, 6.45) is 2.16. The fourth-order valence-electron chi connectivity index (χ4n) is 3.68. The number of guanidine groups is 1. The maximum absolute atomic E-state index is 13.3. The number of likely N-dealkylation sites (tertiary alicyclic amines) is 1. The lowest BCUT2D eigenvalue weighted by atomic mass is 10.1. The fourth-order valence-corrected chi connectivity index (χ4v) is 3.68. The van der Waals surface area contributed by atoms with Gasteiger partial charge in [-0.1, -0.05) is 30.3 Å². The summed E-state index contributed by atoms with van der Waals surface area (Å²) in [7, 11) is 5.88. The second-order valence-corrected chi connectivity index (χ2v) is 7.58. The highest BCUT2D eigenvalue weighted by atomic mass is 19.1. The van der Waals surface area contributed by atoms with Gasteiger partial charge >= 0.3 is 0 Å². The number of rotatable bonds is 6. The first-order valence-electron chi connectivity index (χ1n) is 10.2. The average molecular weight is 399 g/mol. The molecule has 2 aromatic carbocycles. The van der Waals surface area contributed by atoms with Crippen molar-refractivity contribution in [3.05, 3.63) is 66.0 Å². The van der Waals surface area contributed by atoms with Gasteiger partial charge in [-0.3, -0.25) is 4.99 Å². The molecule has 1 aliphatic heterocycles. The summed E-state index contributed by atoms with van der Waals surface area (Å²) in [6.45, 7) is 2.51. The monoisotopic (exact) mass is 398 g/mol. The molecule has 0 aromatic heterocycles. The smallest absolute Gasteiger partial charge is 0.193 e. The Balaban J connectivity index is 1.53. The van der Waals surface area contributed by atoms with Crippen molar-refractivity contribution in [1.82, 2.24) is 15.1 Å². The van der Waals surface area contributed by atoms with Gasteiger partial charge in [0.15, 0.2) is 5.96 Å². The van der Waals surface area contributed by atoms with Crippen molar-refractivity contribution in [3.63, 3.8) is 0 Å². The summed E-state index contributed by atoms with van der Waals surface area (Å²) in [4.78, 5) is 8.88. The van der Waals surface area contributed by atoms with E-state index in [9.17, 15) is 4.39 Å². The zero-order chi connectivity index (χ0) is 20.6. The molecule has 29 heavy (non-hydrogen) atoms. The third-order valence-corrected chi connectivity index (χ3v) is 5.33. The Morgan fingerprint density at radius 1 is 1.14 bits per heavy atom. The van der Waals surface area contributed by atoms with Gasteiger partial charge in [-0.25, -0.2) is 4.39 Å². The van der Waals surface area contributed by atoms with Crippen LogP contribution in [0.3, 0.4) is 0 Å². The van der Waals surface area contributed by atoms with Crippen LogP contribution in [0.4, 0.5) is 4.39 Å². The second-order valence-electron chi connectivity index (χ2n) is 7.58. The molecule has 1 atom stereocenters. The molecule has 3 rings (SSSR count). The average Bonchev–Trinajstić information content (AvgIpc) is 2.74. The van der Waals surface area contributed by atoms with E-state index in [1.165, 1.54) is 12.1 Å². The molecule has 5 nitrogen and oxygen atoms in total. The lowest BCUT2D eigenvalue weighted by Crippen LogP contribution is -2.49. The lowest BCUT2D eigenvalue weighted by Gasteiger charge is -2.35. The number of piperidine rings is 1. The quantitative estimate of drug-likeness (QED) is 0.597. The van der Waals surface area contributed by atoms with Crippen LogP contribution in [0.2, 0.25) is 0 Å². The van der Waals surface area contributed by atoms with Crippen molar-refractivity contribution in [1.29, 1.82) is 0 Å². The number of hydrogen-bond donors (Lipinski definition) is 1. The minimum absolute atomic E-state index is 0.131. The number of aliphatic imine (C=N–C) groups is 1. The SMILES string of the molecule is CN=C(NCC(c1ccc(F)cc1)N(C)C)N1CCC(Oc2ccccc2)CC1. The first-order chi connectivity index (χ1) is 14.1. The van der Waals surface area contributed by atoms with Crippen molar-refractivity contribution >= 4 is 5.96 Å². The normalized spacial score (nSPS) is 16.7. The Morgan fingerprint density at radius 2 is 1.79 bits per heavy atom. The van der Waals surface area contributed by atoms with E-state index in [4.69, 9.17) is 4.74 Å². The van der Waals surface area contributed by atoms with Crippen molar-refractivity contribution in [3.8, 4) is 5.75 Å². The molecule has 1 heterocycles. The van der Waals surface area contributed by atoms with E-state index in [1.54, 1.807) is 0 Å². The van der Waals surface area contributed by atoms with E-state index in [-0.39, 0.29) is 18.0 Å². The van der Waals surface area contributed by atoms with Crippen LogP contribution in [0.5, 0.6) is 5.75 Å². The molecule has 0 spiro atoms. The highest BCUT2D eigenvalue weighted by molar-refractivity contribution is 5.80. The Labute approximate surface area is 173 Å². The standard InChI is InChI=1S/C23H31FN4O/c1-25-23(26-17-22(27(2)3)18-9-11-19(24)12-10-18)28-15-13-21(14-16-28)29-20-7-5-4-6-8-20/h4-12,21-22H,13-17H2,1-3H3,(H,25,26). The van der Waals surface area contributed by atoms with E-state index in [2.05, 4.69) is 20.1 Å². The third-order valence-electron chi connectivity index (χ3n) is 5.33. The molecular weight excluding hydrogens is 367 g/mol. The molecule has 1 saturated heterocycles. The zero-order valence-electron chi connectivity index (χ0n) is 17.5. The van der Waals surface area contributed by atoms with Gasteiger partial charge < -0.3 is 19.9 Å².